The molecule has 0 aromatic carbocycles. The molecule has 1 unspecified atom stereocenters. The van der Waals surface area contributed by atoms with Gasteiger partial charge in [-0.2, -0.15) is 0 Å². The fourth-order valence-corrected chi connectivity index (χ4v) is 4.51. The van der Waals surface area contributed by atoms with Crippen LogP contribution < -0.4 is 10.6 Å². The van der Waals surface area contributed by atoms with Crippen molar-refractivity contribution in [1.82, 2.24) is 10.6 Å². The van der Waals surface area contributed by atoms with Gasteiger partial charge in [-0.05, 0) is 56.8 Å². The highest BCUT2D eigenvalue weighted by molar-refractivity contribution is 5.67. The minimum absolute atomic E-state index is 0.331. The Morgan fingerprint density at radius 2 is 1.90 bits per heavy atom. The maximum absolute atomic E-state index is 11.6. The summed E-state index contributed by atoms with van der Waals surface area (Å²) in [5.74, 6) is 0.846. The van der Waals surface area contributed by atoms with Gasteiger partial charge in [-0.3, -0.25) is 0 Å². The van der Waals surface area contributed by atoms with Crippen LogP contribution in [0.5, 0.6) is 0 Å². The van der Waals surface area contributed by atoms with Gasteiger partial charge < -0.3 is 15.4 Å². The van der Waals surface area contributed by atoms with Crippen molar-refractivity contribution in [3.05, 3.63) is 0 Å². The summed E-state index contributed by atoms with van der Waals surface area (Å²) in [6.07, 6.45) is 3.72. The molecule has 2 fully saturated rings. The predicted molar refractivity (Wildman–Crippen MR) is 85.3 cm³/mol. The molecule has 0 aromatic rings. The van der Waals surface area contributed by atoms with Crippen molar-refractivity contribution in [2.24, 2.45) is 16.7 Å². The first-order valence-corrected chi connectivity index (χ1v) is 8.25. The Labute approximate surface area is 129 Å². The molecule has 2 N–H and O–H groups in total. The molecule has 122 valence electrons. The normalized spacial score (nSPS) is 34.0. The molecule has 1 amide bonds. The third kappa shape index (κ3) is 3.53. The molecule has 2 saturated carbocycles. The second kappa shape index (κ2) is 5.45. The van der Waals surface area contributed by atoms with Crippen LogP contribution in [0.25, 0.3) is 0 Å². The number of rotatable bonds is 4. The van der Waals surface area contributed by atoms with Crippen LogP contribution >= 0.6 is 0 Å². The van der Waals surface area contributed by atoms with Crippen LogP contribution in [0.4, 0.5) is 4.79 Å². The van der Waals surface area contributed by atoms with Gasteiger partial charge in [-0.25, -0.2) is 4.79 Å². The first kappa shape index (κ1) is 16.6. The molecular formula is C17H32N2O2. The predicted octanol–water partition coefficient (Wildman–Crippen LogP) is 3.32. The molecule has 0 aliphatic heterocycles. The Morgan fingerprint density at radius 3 is 2.43 bits per heavy atom. The summed E-state index contributed by atoms with van der Waals surface area (Å²) in [6.45, 7) is 14.2. The summed E-state index contributed by atoms with van der Waals surface area (Å²) >= 11 is 0. The lowest BCUT2D eigenvalue weighted by Gasteiger charge is -2.43. The summed E-state index contributed by atoms with van der Waals surface area (Å²) in [5, 5.41) is 6.52. The molecule has 3 atom stereocenters. The Hall–Kier alpha value is -0.770. The Balaban J connectivity index is 1.75. The Kier molecular flexibility index (Phi) is 4.31. The molecule has 2 rings (SSSR count). The van der Waals surface area contributed by atoms with Gasteiger partial charge in [0.2, 0.25) is 0 Å². The lowest BCUT2D eigenvalue weighted by molar-refractivity contribution is 0.0524. The summed E-state index contributed by atoms with van der Waals surface area (Å²) in [7, 11) is 0. The third-order valence-corrected chi connectivity index (χ3v) is 5.41. The lowest BCUT2D eigenvalue weighted by atomic mass is 9.68. The highest BCUT2D eigenvalue weighted by Crippen LogP contribution is 2.62. The number of ether oxygens (including phenoxy) is 1. The second-order valence-electron chi connectivity index (χ2n) is 8.73. The van der Waals surface area contributed by atoms with Crippen molar-refractivity contribution >= 4 is 6.09 Å². The van der Waals surface area contributed by atoms with E-state index in [-0.39, 0.29) is 6.09 Å². The van der Waals surface area contributed by atoms with Gasteiger partial charge in [-0.15, -0.1) is 0 Å². The van der Waals surface area contributed by atoms with E-state index in [1.807, 2.05) is 20.8 Å². The van der Waals surface area contributed by atoms with E-state index in [1.54, 1.807) is 0 Å². The molecule has 0 heterocycles. The van der Waals surface area contributed by atoms with Crippen molar-refractivity contribution in [2.45, 2.75) is 72.4 Å². The van der Waals surface area contributed by atoms with E-state index in [0.717, 1.165) is 12.5 Å². The third-order valence-electron chi connectivity index (χ3n) is 5.41. The smallest absolute Gasteiger partial charge is 0.407 e. The minimum Gasteiger partial charge on any atom is -0.444 e. The van der Waals surface area contributed by atoms with Gasteiger partial charge in [0.05, 0.1) is 0 Å². The van der Waals surface area contributed by atoms with E-state index in [9.17, 15) is 4.79 Å². The molecule has 4 nitrogen and oxygen atoms in total. The minimum atomic E-state index is -0.433. The quantitative estimate of drug-likeness (QED) is 0.783. The van der Waals surface area contributed by atoms with Crippen LogP contribution in [0.2, 0.25) is 0 Å². The average Bonchev–Trinajstić information content (AvgIpc) is 2.76. The summed E-state index contributed by atoms with van der Waals surface area (Å²) in [6, 6.07) is 0.546. The van der Waals surface area contributed by atoms with E-state index in [4.69, 9.17) is 4.74 Å². The molecule has 2 aliphatic carbocycles. The van der Waals surface area contributed by atoms with Crippen molar-refractivity contribution in [1.29, 1.82) is 0 Å². The largest absolute Gasteiger partial charge is 0.444 e. The van der Waals surface area contributed by atoms with Crippen LogP contribution in [-0.2, 0) is 4.74 Å². The number of alkyl carbamates (subject to hydrolysis) is 1. The van der Waals surface area contributed by atoms with Crippen molar-refractivity contribution in [3.8, 4) is 0 Å². The monoisotopic (exact) mass is 296 g/mol. The van der Waals surface area contributed by atoms with Crippen molar-refractivity contribution in [3.63, 3.8) is 0 Å². The standard InChI is InChI=1S/C17H32N2O2/c1-15(2,3)21-14(20)19-10-9-18-13-16(4,5)12-7-8-17(13,6)11-12/h12-13,18H,7-11H2,1-6H3,(H,19,20)/t12-,13?,17+/m0/s1. The number of amides is 1. The SMILES string of the molecule is CC(C)(C)OC(=O)NCCNC1C(C)(C)[C@H]2CC[C@]1(C)C2. The zero-order valence-electron chi connectivity index (χ0n) is 14.5. The zero-order chi connectivity index (χ0) is 15.9. The van der Waals surface area contributed by atoms with Gasteiger partial charge in [-0.1, -0.05) is 20.8 Å². The number of nitrogens with one attached hydrogen (secondary N) is 2. The molecular weight excluding hydrogens is 264 g/mol. The number of hydrogen-bond acceptors (Lipinski definition) is 3. The van der Waals surface area contributed by atoms with Gasteiger partial charge in [0.1, 0.15) is 5.60 Å². The van der Waals surface area contributed by atoms with E-state index >= 15 is 0 Å². The van der Waals surface area contributed by atoms with Crippen LogP contribution in [0, 0.1) is 16.7 Å². The van der Waals surface area contributed by atoms with E-state index in [0.29, 0.717) is 23.4 Å². The fraction of sp³-hybridized carbons (Fsp3) is 0.941. The maximum Gasteiger partial charge on any atom is 0.407 e. The number of carbonyl (C=O) groups excluding carboxylic acids is 1. The summed E-state index contributed by atoms with van der Waals surface area (Å²) in [4.78, 5) is 11.6. The molecule has 0 radical (unpaired) electrons. The van der Waals surface area contributed by atoms with Gasteiger partial charge in [0.25, 0.3) is 0 Å². The van der Waals surface area contributed by atoms with Gasteiger partial charge >= 0.3 is 6.09 Å². The molecule has 2 bridgehead atoms. The van der Waals surface area contributed by atoms with Crippen molar-refractivity contribution in [2.75, 3.05) is 13.1 Å². The highest BCUT2D eigenvalue weighted by Gasteiger charge is 2.58. The van der Waals surface area contributed by atoms with Crippen LogP contribution in [0.1, 0.15) is 60.8 Å². The maximum atomic E-state index is 11.6. The second-order valence-corrected chi connectivity index (χ2v) is 8.73. The topological polar surface area (TPSA) is 50.4 Å². The molecule has 4 heteroatoms. The van der Waals surface area contributed by atoms with Crippen molar-refractivity contribution < 1.29 is 9.53 Å². The highest BCUT2D eigenvalue weighted by atomic mass is 16.6. The van der Waals surface area contributed by atoms with E-state index < -0.39 is 5.60 Å². The van der Waals surface area contributed by atoms with E-state index in [1.165, 1.54) is 19.3 Å². The fourth-order valence-electron chi connectivity index (χ4n) is 4.51. The van der Waals surface area contributed by atoms with Crippen LogP contribution in [0.15, 0.2) is 0 Å². The Bertz CT molecular complexity index is 395. The molecule has 0 aromatic heterocycles. The molecule has 0 spiro atoms. The first-order chi connectivity index (χ1) is 9.55. The van der Waals surface area contributed by atoms with Gasteiger partial charge in [0.15, 0.2) is 0 Å². The van der Waals surface area contributed by atoms with Crippen LogP contribution in [-0.4, -0.2) is 30.8 Å². The average molecular weight is 296 g/mol. The van der Waals surface area contributed by atoms with Crippen LogP contribution in [0.3, 0.4) is 0 Å². The Morgan fingerprint density at radius 1 is 1.24 bits per heavy atom. The molecule has 21 heavy (non-hydrogen) atoms. The van der Waals surface area contributed by atoms with Gasteiger partial charge in [0, 0.05) is 19.1 Å². The summed E-state index contributed by atoms with van der Waals surface area (Å²) < 4.78 is 5.24. The number of fused-ring (bicyclic) bond motifs is 2. The zero-order valence-corrected chi connectivity index (χ0v) is 14.5. The van der Waals surface area contributed by atoms with E-state index in [2.05, 4.69) is 31.4 Å². The molecule has 0 saturated heterocycles. The summed E-state index contributed by atoms with van der Waals surface area (Å²) in [5.41, 5.74) is 0.358. The number of hydrogen-bond donors (Lipinski definition) is 2. The molecule has 2 aliphatic rings. The first-order valence-electron chi connectivity index (χ1n) is 8.25. The number of carbonyl (C=O) groups is 1. The lowest BCUT2D eigenvalue weighted by Crippen LogP contribution is -2.52.